The Morgan fingerprint density at radius 3 is 2.65 bits per heavy atom. The number of nitrogens with one attached hydrogen (secondary N) is 1. The van der Waals surface area contributed by atoms with Gasteiger partial charge in [-0.15, -0.1) is 0 Å². The van der Waals surface area contributed by atoms with Gasteiger partial charge in [-0.2, -0.15) is 0 Å². The molecule has 2 aliphatic rings. The van der Waals surface area contributed by atoms with Gasteiger partial charge < -0.3 is 20.2 Å². The molecule has 0 radical (unpaired) electrons. The Hall–Kier alpha value is -1.30. The Bertz CT molecular complexity index is 375. The summed E-state index contributed by atoms with van der Waals surface area (Å²) < 4.78 is 0. The van der Waals surface area contributed by atoms with Gasteiger partial charge in [0.1, 0.15) is 6.04 Å². The molecule has 2 saturated heterocycles. The Morgan fingerprint density at radius 2 is 2.00 bits per heavy atom. The highest BCUT2D eigenvalue weighted by atomic mass is 16.4. The molecule has 0 aromatic carbocycles. The third-order valence-corrected chi connectivity index (χ3v) is 4.62. The molecule has 2 heterocycles. The van der Waals surface area contributed by atoms with Crippen molar-refractivity contribution in [3.63, 3.8) is 0 Å². The second-order valence-electron chi connectivity index (χ2n) is 6.06. The van der Waals surface area contributed by atoms with Gasteiger partial charge in [-0.1, -0.05) is 13.3 Å². The van der Waals surface area contributed by atoms with Gasteiger partial charge in [0.05, 0.1) is 0 Å². The first-order valence-corrected chi connectivity index (χ1v) is 7.48. The van der Waals surface area contributed by atoms with Crippen molar-refractivity contribution < 1.29 is 14.7 Å². The van der Waals surface area contributed by atoms with Gasteiger partial charge in [0.25, 0.3) is 0 Å². The molecule has 114 valence electrons. The summed E-state index contributed by atoms with van der Waals surface area (Å²) in [6.45, 7) is 4.09. The predicted molar refractivity (Wildman–Crippen MR) is 75.6 cm³/mol. The topological polar surface area (TPSA) is 72.9 Å². The fraction of sp³-hybridized carbons (Fsp3) is 0.857. The average Bonchev–Trinajstić information content (AvgIpc) is 2.79. The Kier molecular flexibility index (Phi) is 4.86. The van der Waals surface area contributed by atoms with Crippen LogP contribution in [0.4, 0.5) is 4.79 Å². The van der Waals surface area contributed by atoms with Crippen molar-refractivity contribution in [1.29, 1.82) is 0 Å². The lowest BCUT2D eigenvalue weighted by molar-refractivity contribution is -0.142. The van der Waals surface area contributed by atoms with Gasteiger partial charge in [-0.3, -0.25) is 0 Å². The SMILES string of the molecule is CC1CCN(C(=O)NCC2CCCCN2C)C1C(=O)O. The molecule has 6 nitrogen and oxygen atoms in total. The molecule has 20 heavy (non-hydrogen) atoms. The zero-order chi connectivity index (χ0) is 14.7. The highest BCUT2D eigenvalue weighted by Crippen LogP contribution is 2.24. The predicted octanol–water partition coefficient (Wildman–Crippen LogP) is 0.975. The Balaban J connectivity index is 1.86. The molecular formula is C14H25N3O3. The van der Waals surface area contributed by atoms with Crippen molar-refractivity contribution in [3.8, 4) is 0 Å². The van der Waals surface area contributed by atoms with Crippen LogP contribution in [0.1, 0.15) is 32.6 Å². The number of likely N-dealkylation sites (tertiary alicyclic amines) is 2. The van der Waals surface area contributed by atoms with E-state index in [9.17, 15) is 14.7 Å². The number of piperidine rings is 1. The summed E-state index contributed by atoms with van der Waals surface area (Å²) in [5.41, 5.74) is 0. The number of carbonyl (C=O) groups is 2. The molecule has 0 aromatic heterocycles. The summed E-state index contributed by atoms with van der Waals surface area (Å²) in [7, 11) is 2.08. The standard InChI is InChI=1S/C14H25N3O3/c1-10-6-8-17(12(10)13(18)19)14(20)15-9-11-5-3-4-7-16(11)2/h10-12H,3-9H2,1-2H3,(H,15,20)(H,18,19). The third kappa shape index (κ3) is 3.23. The van der Waals surface area contributed by atoms with Crippen molar-refractivity contribution in [2.24, 2.45) is 5.92 Å². The number of urea groups is 1. The number of hydrogen-bond acceptors (Lipinski definition) is 3. The van der Waals surface area contributed by atoms with E-state index in [0.717, 1.165) is 19.4 Å². The minimum Gasteiger partial charge on any atom is -0.480 e. The average molecular weight is 283 g/mol. The molecule has 3 atom stereocenters. The highest BCUT2D eigenvalue weighted by molar-refractivity contribution is 5.83. The van der Waals surface area contributed by atoms with Gasteiger partial charge in [0.15, 0.2) is 0 Å². The van der Waals surface area contributed by atoms with E-state index in [1.807, 2.05) is 6.92 Å². The second-order valence-corrected chi connectivity index (χ2v) is 6.06. The monoisotopic (exact) mass is 283 g/mol. The maximum atomic E-state index is 12.2. The summed E-state index contributed by atoms with van der Waals surface area (Å²) in [5.74, 6) is -0.879. The van der Waals surface area contributed by atoms with Crippen LogP contribution >= 0.6 is 0 Å². The number of likely N-dealkylation sites (N-methyl/N-ethyl adjacent to an activating group) is 1. The van der Waals surface area contributed by atoms with Crippen LogP contribution in [0.3, 0.4) is 0 Å². The largest absolute Gasteiger partial charge is 0.480 e. The lowest BCUT2D eigenvalue weighted by Gasteiger charge is -2.33. The van der Waals surface area contributed by atoms with Crippen LogP contribution in [-0.2, 0) is 4.79 Å². The van der Waals surface area contributed by atoms with Crippen LogP contribution in [0.5, 0.6) is 0 Å². The summed E-state index contributed by atoms with van der Waals surface area (Å²) in [5, 5.41) is 12.1. The molecule has 2 N–H and O–H groups in total. The van der Waals surface area contributed by atoms with Crippen LogP contribution in [0.15, 0.2) is 0 Å². The summed E-state index contributed by atoms with van der Waals surface area (Å²) in [6.07, 6.45) is 4.26. The number of carboxylic acid groups (broad SMARTS) is 1. The van der Waals surface area contributed by atoms with E-state index < -0.39 is 12.0 Å². The van der Waals surface area contributed by atoms with E-state index in [2.05, 4.69) is 17.3 Å². The number of carbonyl (C=O) groups excluding carboxylic acids is 1. The normalized spacial score (nSPS) is 31.3. The van der Waals surface area contributed by atoms with Crippen molar-refractivity contribution in [2.75, 3.05) is 26.7 Å². The molecule has 3 unspecified atom stereocenters. The summed E-state index contributed by atoms with van der Waals surface area (Å²) >= 11 is 0. The number of aliphatic carboxylic acids is 1. The van der Waals surface area contributed by atoms with Crippen LogP contribution in [-0.4, -0.2) is 65.7 Å². The number of nitrogens with zero attached hydrogens (tertiary/aromatic N) is 2. The van der Waals surface area contributed by atoms with E-state index >= 15 is 0 Å². The van der Waals surface area contributed by atoms with Gasteiger partial charge in [0, 0.05) is 19.1 Å². The molecule has 0 bridgehead atoms. The molecule has 2 amide bonds. The molecule has 0 aliphatic carbocycles. The minimum absolute atomic E-state index is 0.0237. The zero-order valence-electron chi connectivity index (χ0n) is 12.3. The van der Waals surface area contributed by atoms with Gasteiger partial charge in [-0.25, -0.2) is 9.59 Å². The van der Waals surface area contributed by atoms with E-state index in [0.29, 0.717) is 19.1 Å². The van der Waals surface area contributed by atoms with Crippen LogP contribution in [0.25, 0.3) is 0 Å². The number of hydrogen-bond donors (Lipinski definition) is 2. The molecule has 2 rings (SSSR count). The Labute approximate surface area is 120 Å². The van der Waals surface area contributed by atoms with Crippen LogP contribution < -0.4 is 5.32 Å². The fourth-order valence-electron chi connectivity index (χ4n) is 3.26. The summed E-state index contributed by atoms with van der Waals surface area (Å²) in [6, 6.07) is -0.546. The first-order chi connectivity index (χ1) is 9.50. The number of amides is 2. The Morgan fingerprint density at radius 1 is 1.25 bits per heavy atom. The van der Waals surface area contributed by atoms with E-state index in [1.54, 1.807) is 0 Å². The molecule has 2 aliphatic heterocycles. The van der Waals surface area contributed by atoms with Crippen LogP contribution in [0, 0.1) is 5.92 Å². The summed E-state index contributed by atoms with van der Waals surface area (Å²) in [4.78, 5) is 27.2. The van der Waals surface area contributed by atoms with Gasteiger partial charge >= 0.3 is 12.0 Å². The third-order valence-electron chi connectivity index (χ3n) is 4.62. The lowest BCUT2D eigenvalue weighted by Crippen LogP contribution is -2.51. The highest BCUT2D eigenvalue weighted by Gasteiger charge is 2.39. The van der Waals surface area contributed by atoms with Crippen molar-refractivity contribution >= 4 is 12.0 Å². The van der Waals surface area contributed by atoms with Crippen molar-refractivity contribution in [2.45, 2.75) is 44.7 Å². The molecule has 0 spiro atoms. The molecule has 6 heteroatoms. The zero-order valence-corrected chi connectivity index (χ0v) is 12.3. The lowest BCUT2D eigenvalue weighted by atomic mass is 10.0. The van der Waals surface area contributed by atoms with Crippen LogP contribution in [0.2, 0.25) is 0 Å². The number of carboxylic acids is 1. The number of rotatable bonds is 3. The van der Waals surface area contributed by atoms with Crippen molar-refractivity contribution in [1.82, 2.24) is 15.1 Å². The van der Waals surface area contributed by atoms with E-state index in [-0.39, 0.29) is 11.9 Å². The fourth-order valence-corrected chi connectivity index (χ4v) is 3.26. The van der Waals surface area contributed by atoms with E-state index in [4.69, 9.17) is 0 Å². The molecule has 2 fully saturated rings. The second kappa shape index (κ2) is 6.43. The molecule has 0 saturated carbocycles. The quantitative estimate of drug-likeness (QED) is 0.809. The van der Waals surface area contributed by atoms with Gasteiger partial charge in [0.2, 0.25) is 0 Å². The first-order valence-electron chi connectivity index (χ1n) is 7.48. The van der Waals surface area contributed by atoms with Gasteiger partial charge in [-0.05, 0) is 38.8 Å². The van der Waals surface area contributed by atoms with Crippen molar-refractivity contribution in [3.05, 3.63) is 0 Å². The maximum Gasteiger partial charge on any atom is 0.326 e. The molecule has 0 aromatic rings. The first kappa shape index (κ1) is 15.1. The smallest absolute Gasteiger partial charge is 0.326 e. The molecular weight excluding hydrogens is 258 g/mol. The minimum atomic E-state index is -0.903. The maximum absolute atomic E-state index is 12.2. The van der Waals surface area contributed by atoms with E-state index in [1.165, 1.54) is 17.7 Å².